The van der Waals surface area contributed by atoms with Crippen molar-refractivity contribution >= 4 is 17.1 Å². The average Bonchev–Trinajstić information content (AvgIpc) is 2.60. The zero-order valence-corrected chi connectivity index (χ0v) is 10.5. The molecule has 0 aliphatic heterocycles. The van der Waals surface area contributed by atoms with Crippen molar-refractivity contribution < 1.29 is 4.92 Å². The molecule has 94 valence electrons. The molecule has 1 heterocycles. The van der Waals surface area contributed by atoms with Gasteiger partial charge in [0.1, 0.15) is 5.69 Å². The second kappa shape index (κ2) is 4.48. The highest BCUT2D eigenvalue weighted by molar-refractivity contribution is 5.73. The van der Waals surface area contributed by atoms with Gasteiger partial charge in [0, 0.05) is 19.3 Å². The molecule has 6 nitrogen and oxygen atoms in total. The van der Waals surface area contributed by atoms with E-state index in [0.717, 1.165) is 16.9 Å². The predicted molar refractivity (Wildman–Crippen MR) is 69.1 cm³/mol. The van der Waals surface area contributed by atoms with Gasteiger partial charge in [-0.2, -0.15) is 5.10 Å². The third-order valence-electron chi connectivity index (χ3n) is 2.72. The van der Waals surface area contributed by atoms with Gasteiger partial charge in [0.25, 0.3) is 5.69 Å². The molecule has 0 fully saturated rings. The van der Waals surface area contributed by atoms with Crippen LogP contribution < -0.4 is 5.32 Å². The van der Waals surface area contributed by atoms with Gasteiger partial charge in [-0.25, -0.2) is 0 Å². The number of hydrogen-bond acceptors (Lipinski definition) is 4. The first-order chi connectivity index (χ1) is 8.49. The van der Waals surface area contributed by atoms with E-state index in [1.807, 2.05) is 27.0 Å². The number of anilines is 2. The van der Waals surface area contributed by atoms with Gasteiger partial charge in [0.15, 0.2) is 0 Å². The van der Waals surface area contributed by atoms with Gasteiger partial charge in [-0.1, -0.05) is 12.1 Å². The van der Waals surface area contributed by atoms with E-state index in [9.17, 15) is 10.1 Å². The van der Waals surface area contributed by atoms with Crippen LogP contribution >= 0.6 is 0 Å². The molecule has 0 bridgehead atoms. The average molecular weight is 246 g/mol. The summed E-state index contributed by atoms with van der Waals surface area (Å²) >= 11 is 0. The monoisotopic (exact) mass is 246 g/mol. The van der Waals surface area contributed by atoms with Crippen LogP contribution in [0.15, 0.2) is 24.4 Å². The summed E-state index contributed by atoms with van der Waals surface area (Å²) in [5, 5.41) is 18.3. The molecule has 1 aromatic heterocycles. The van der Waals surface area contributed by atoms with E-state index >= 15 is 0 Å². The Bertz CT molecular complexity index is 604. The molecule has 18 heavy (non-hydrogen) atoms. The molecule has 2 aromatic rings. The van der Waals surface area contributed by atoms with E-state index in [4.69, 9.17) is 0 Å². The highest BCUT2D eigenvalue weighted by Crippen LogP contribution is 2.31. The lowest BCUT2D eigenvalue weighted by atomic mass is 10.1. The van der Waals surface area contributed by atoms with Crippen LogP contribution in [0.3, 0.4) is 0 Å². The Morgan fingerprint density at radius 3 is 2.67 bits per heavy atom. The summed E-state index contributed by atoms with van der Waals surface area (Å²) in [6, 6.07) is 5.00. The number of benzene rings is 1. The van der Waals surface area contributed by atoms with Gasteiger partial charge >= 0.3 is 0 Å². The second-order valence-electron chi connectivity index (χ2n) is 4.15. The Kier molecular flexibility index (Phi) is 3.01. The van der Waals surface area contributed by atoms with Gasteiger partial charge in [0.2, 0.25) is 0 Å². The van der Waals surface area contributed by atoms with Crippen molar-refractivity contribution in [2.75, 3.05) is 5.32 Å². The minimum atomic E-state index is -0.388. The fourth-order valence-electron chi connectivity index (χ4n) is 1.82. The first-order valence-corrected chi connectivity index (χ1v) is 5.50. The summed E-state index contributed by atoms with van der Waals surface area (Å²) < 4.78 is 1.67. The zero-order valence-electron chi connectivity index (χ0n) is 10.5. The lowest BCUT2D eigenvalue weighted by Gasteiger charge is -2.08. The molecule has 0 unspecified atom stereocenters. The molecule has 0 radical (unpaired) electrons. The summed E-state index contributed by atoms with van der Waals surface area (Å²) in [4.78, 5) is 10.6. The molecular formula is C12H14N4O2. The normalized spacial score (nSPS) is 10.4. The maximum Gasteiger partial charge on any atom is 0.292 e. The van der Waals surface area contributed by atoms with Crippen LogP contribution in [-0.4, -0.2) is 14.7 Å². The highest BCUT2D eigenvalue weighted by Gasteiger charge is 2.16. The third kappa shape index (κ3) is 2.17. The number of para-hydroxylation sites is 1. The van der Waals surface area contributed by atoms with Crippen molar-refractivity contribution in [1.29, 1.82) is 0 Å². The predicted octanol–water partition coefficient (Wildman–Crippen LogP) is 2.69. The summed E-state index contributed by atoms with van der Waals surface area (Å²) in [6.45, 7) is 3.69. The van der Waals surface area contributed by atoms with E-state index in [-0.39, 0.29) is 10.6 Å². The second-order valence-corrected chi connectivity index (χ2v) is 4.15. The quantitative estimate of drug-likeness (QED) is 0.667. The topological polar surface area (TPSA) is 73.0 Å². The van der Waals surface area contributed by atoms with Crippen LogP contribution in [0.4, 0.5) is 17.1 Å². The molecule has 0 saturated carbocycles. The van der Waals surface area contributed by atoms with Crippen LogP contribution in [0.25, 0.3) is 0 Å². The lowest BCUT2D eigenvalue weighted by molar-refractivity contribution is -0.383. The Hall–Kier alpha value is -2.37. The molecule has 0 saturated heterocycles. The molecule has 6 heteroatoms. The van der Waals surface area contributed by atoms with Crippen LogP contribution in [-0.2, 0) is 7.05 Å². The maximum atomic E-state index is 11.0. The van der Waals surface area contributed by atoms with Gasteiger partial charge in [-0.3, -0.25) is 14.8 Å². The molecule has 0 spiro atoms. The lowest BCUT2D eigenvalue weighted by Crippen LogP contribution is -1.99. The molecule has 0 aliphatic rings. The smallest absolute Gasteiger partial charge is 0.292 e. The van der Waals surface area contributed by atoms with E-state index in [0.29, 0.717) is 5.69 Å². The molecule has 1 aromatic carbocycles. The zero-order chi connectivity index (χ0) is 13.3. The van der Waals surface area contributed by atoms with Gasteiger partial charge in [0.05, 0.1) is 16.3 Å². The fraction of sp³-hybridized carbons (Fsp3) is 0.250. The van der Waals surface area contributed by atoms with E-state index in [1.54, 1.807) is 16.9 Å². The first kappa shape index (κ1) is 12.1. The number of aryl methyl sites for hydroxylation is 3. The number of rotatable bonds is 3. The number of nitrogens with one attached hydrogen (secondary N) is 1. The van der Waals surface area contributed by atoms with Crippen LogP contribution in [0.2, 0.25) is 0 Å². The van der Waals surface area contributed by atoms with Crippen molar-refractivity contribution in [1.82, 2.24) is 9.78 Å². The minimum Gasteiger partial charge on any atom is -0.347 e. The largest absolute Gasteiger partial charge is 0.347 e. The summed E-state index contributed by atoms with van der Waals surface area (Å²) in [5.41, 5.74) is 2.98. The number of hydrogen-bond donors (Lipinski definition) is 1. The van der Waals surface area contributed by atoms with Crippen LogP contribution in [0, 0.1) is 24.0 Å². The Labute approximate surface area is 104 Å². The SMILES string of the molecule is Cc1cccc([N+](=O)[O-])c1Nc1cn(C)nc1C. The van der Waals surface area contributed by atoms with Crippen molar-refractivity contribution in [2.45, 2.75) is 13.8 Å². The van der Waals surface area contributed by atoms with Gasteiger partial charge in [-0.15, -0.1) is 0 Å². The molecule has 0 aliphatic carbocycles. The Morgan fingerprint density at radius 1 is 1.39 bits per heavy atom. The molecular weight excluding hydrogens is 232 g/mol. The number of nitrogens with zero attached hydrogens (tertiary/aromatic N) is 3. The van der Waals surface area contributed by atoms with Crippen LogP contribution in [0.1, 0.15) is 11.3 Å². The van der Waals surface area contributed by atoms with E-state index in [1.165, 1.54) is 6.07 Å². The molecule has 2 rings (SSSR count). The highest BCUT2D eigenvalue weighted by atomic mass is 16.6. The van der Waals surface area contributed by atoms with Gasteiger partial charge < -0.3 is 5.32 Å². The van der Waals surface area contributed by atoms with Crippen molar-refractivity contribution in [3.05, 3.63) is 45.8 Å². The van der Waals surface area contributed by atoms with Gasteiger partial charge in [-0.05, 0) is 19.4 Å². The third-order valence-corrected chi connectivity index (χ3v) is 2.72. The van der Waals surface area contributed by atoms with E-state index in [2.05, 4.69) is 10.4 Å². The van der Waals surface area contributed by atoms with Crippen molar-refractivity contribution in [2.24, 2.45) is 7.05 Å². The van der Waals surface area contributed by atoms with E-state index < -0.39 is 0 Å². The number of aromatic nitrogens is 2. The molecule has 0 amide bonds. The first-order valence-electron chi connectivity index (χ1n) is 5.50. The molecule has 1 N–H and O–H groups in total. The Balaban J connectivity index is 2.45. The number of nitro benzene ring substituents is 1. The number of nitro groups is 1. The summed E-state index contributed by atoms with van der Waals surface area (Å²) in [6.07, 6.45) is 1.80. The molecule has 0 atom stereocenters. The summed E-state index contributed by atoms with van der Waals surface area (Å²) in [5.74, 6) is 0. The Morgan fingerprint density at radius 2 is 2.11 bits per heavy atom. The van der Waals surface area contributed by atoms with Crippen molar-refractivity contribution in [3.8, 4) is 0 Å². The fourth-order valence-corrected chi connectivity index (χ4v) is 1.82. The summed E-state index contributed by atoms with van der Waals surface area (Å²) in [7, 11) is 1.81. The minimum absolute atomic E-state index is 0.0678. The van der Waals surface area contributed by atoms with Crippen LogP contribution in [0.5, 0.6) is 0 Å². The van der Waals surface area contributed by atoms with Crippen molar-refractivity contribution in [3.63, 3.8) is 0 Å². The maximum absolute atomic E-state index is 11.0. The standard InChI is InChI=1S/C12H14N4O2/c1-8-5-4-6-11(16(17)18)12(8)13-10-7-15(3)14-9(10)2/h4-7,13H,1-3H3.